The number of rotatable bonds is 12. The minimum atomic E-state index is -0.941. The Morgan fingerprint density at radius 3 is 2.58 bits per heavy atom. The van der Waals surface area contributed by atoms with Crippen molar-refractivity contribution in [1.82, 2.24) is 15.2 Å². The third kappa shape index (κ3) is 6.46. The summed E-state index contributed by atoms with van der Waals surface area (Å²) in [6, 6.07) is 10.2. The summed E-state index contributed by atoms with van der Waals surface area (Å²) < 4.78 is 6.02. The highest BCUT2D eigenvalue weighted by molar-refractivity contribution is 6.06. The van der Waals surface area contributed by atoms with Crippen LogP contribution in [0.3, 0.4) is 0 Å². The zero-order valence-corrected chi connectivity index (χ0v) is 26.0. The van der Waals surface area contributed by atoms with E-state index in [1.807, 2.05) is 31.2 Å². The van der Waals surface area contributed by atoms with E-state index < -0.39 is 17.5 Å². The van der Waals surface area contributed by atoms with Crippen molar-refractivity contribution in [3.63, 3.8) is 0 Å². The summed E-state index contributed by atoms with van der Waals surface area (Å²) in [6.07, 6.45) is 8.30. The topological polar surface area (TPSA) is 136 Å². The van der Waals surface area contributed by atoms with Crippen LogP contribution in [0.1, 0.15) is 69.4 Å². The van der Waals surface area contributed by atoms with Crippen molar-refractivity contribution in [2.45, 2.75) is 83.3 Å². The molecule has 0 saturated heterocycles. The molecule has 0 aliphatic heterocycles. The first-order chi connectivity index (χ1) is 21.7. The highest BCUT2D eigenvalue weighted by Gasteiger charge is 2.54. The van der Waals surface area contributed by atoms with Crippen molar-refractivity contribution in [2.24, 2.45) is 23.7 Å². The molecule has 238 valence electrons. The number of unbranched alkanes of at least 4 members (excludes halogenated alkanes) is 1. The highest BCUT2D eigenvalue weighted by Crippen LogP contribution is 2.58. The molecule has 1 aromatic carbocycles. The Labute approximate surface area is 263 Å². The van der Waals surface area contributed by atoms with E-state index >= 15 is 0 Å². The molecule has 5 aliphatic rings. The molecule has 4 bridgehead atoms. The molecule has 10 nitrogen and oxygen atoms in total. The maximum atomic E-state index is 13.5. The van der Waals surface area contributed by atoms with Crippen LogP contribution in [0.25, 0.3) is 5.57 Å². The van der Waals surface area contributed by atoms with E-state index in [2.05, 4.69) is 16.0 Å². The Hall–Kier alpha value is -4.21. The van der Waals surface area contributed by atoms with Gasteiger partial charge in [0.15, 0.2) is 0 Å². The number of nitrogens with one attached hydrogen (secondary N) is 3. The Bertz CT molecular complexity index is 1590. The van der Waals surface area contributed by atoms with Gasteiger partial charge in [-0.2, -0.15) is 0 Å². The van der Waals surface area contributed by atoms with Crippen LogP contribution in [0.4, 0.5) is 5.69 Å². The van der Waals surface area contributed by atoms with Crippen LogP contribution < -0.4 is 21.5 Å². The SMILES string of the molecule is COC(=O)CCCC[C@H](NC(=O)C1=C(C)c2ccccc2C1)C(=O)Nc1cccn(CC(=O)NC2C3CC4CC(C3)C2C4)c1=O. The average Bonchev–Trinajstić information content (AvgIpc) is 3.60. The Balaban J connectivity index is 1.11. The normalized spacial score (nSPS) is 24.7. The van der Waals surface area contributed by atoms with Crippen molar-refractivity contribution < 1.29 is 23.9 Å². The molecule has 2 aromatic rings. The van der Waals surface area contributed by atoms with Crippen LogP contribution in [0.15, 0.2) is 53.0 Å². The molecular weight excluding hydrogens is 572 g/mol. The van der Waals surface area contributed by atoms with Gasteiger partial charge in [-0.05, 0) is 98.0 Å². The number of methoxy groups -OCH3 is 1. The highest BCUT2D eigenvalue weighted by atomic mass is 16.5. The zero-order chi connectivity index (χ0) is 31.7. The predicted octanol–water partition coefficient (Wildman–Crippen LogP) is 3.59. The van der Waals surface area contributed by atoms with Crippen molar-refractivity contribution >= 4 is 35.0 Å². The molecule has 5 unspecified atom stereocenters. The van der Waals surface area contributed by atoms with E-state index in [4.69, 9.17) is 4.74 Å². The second kappa shape index (κ2) is 13.0. The number of amides is 3. The first-order valence-electron chi connectivity index (χ1n) is 16.2. The van der Waals surface area contributed by atoms with E-state index in [9.17, 15) is 24.0 Å². The van der Waals surface area contributed by atoms with Crippen molar-refractivity contribution in [1.29, 1.82) is 0 Å². The molecule has 3 N–H and O–H groups in total. The second-order valence-corrected chi connectivity index (χ2v) is 13.2. The molecule has 0 spiro atoms. The lowest BCUT2D eigenvalue weighted by Gasteiger charge is -2.32. The molecule has 7 rings (SSSR count). The minimum absolute atomic E-state index is 0.0336. The van der Waals surface area contributed by atoms with Crippen LogP contribution >= 0.6 is 0 Å². The quantitative estimate of drug-likeness (QED) is 0.247. The number of anilines is 1. The van der Waals surface area contributed by atoms with E-state index in [0.717, 1.165) is 28.5 Å². The number of carbonyl (C=O) groups excluding carboxylic acids is 4. The lowest BCUT2D eigenvalue weighted by atomic mass is 9.79. The summed E-state index contributed by atoms with van der Waals surface area (Å²) in [6.45, 7) is 1.77. The van der Waals surface area contributed by atoms with Crippen molar-refractivity contribution in [3.8, 4) is 0 Å². The number of pyridine rings is 1. The van der Waals surface area contributed by atoms with Gasteiger partial charge < -0.3 is 25.3 Å². The van der Waals surface area contributed by atoms with E-state index in [-0.39, 0.29) is 48.9 Å². The maximum Gasteiger partial charge on any atom is 0.305 e. The smallest absolute Gasteiger partial charge is 0.305 e. The van der Waals surface area contributed by atoms with E-state index in [0.29, 0.717) is 36.7 Å². The number of fused-ring (bicyclic) bond motifs is 1. The molecule has 5 aliphatic carbocycles. The largest absolute Gasteiger partial charge is 0.469 e. The van der Waals surface area contributed by atoms with Crippen molar-refractivity contribution in [2.75, 3.05) is 12.4 Å². The number of benzene rings is 1. The lowest BCUT2D eigenvalue weighted by Crippen LogP contribution is -2.46. The number of hydrogen-bond acceptors (Lipinski definition) is 6. The van der Waals surface area contributed by atoms with Gasteiger partial charge in [0.2, 0.25) is 17.7 Å². The summed E-state index contributed by atoms with van der Waals surface area (Å²) in [5, 5.41) is 8.80. The Kier molecular flexibility index (Phi) is 8.92. The summed E-state index contributed by atoms with van der Waals surface area (Å²) in [7, 11) is 1.33. The number of hydrogen-bond donors (Lipinski definition) is 3. The van der Waals surface area contributed by atoms with Gasteiger partial charge in [-0.1, -0.05) is 30.7 Å². The minimum Gasteiger partial charge on any atom is -0.469 e. The van der Waals surface area contributed by atoms with Gasteiger partial charge in [-0.25, -0.2) is 0 Å². The summed E-state index contributed by atoms with van der Waals surface area (Å²) >= 11 is 0. The number of nitrogens with zero attached hydrogens (tertiary/aromatic N) is 1. The summed E-state index contributed by atoms with van der Waals surface area (Å²) in [5.41, 5.74) is 3.09. The van der Waals surface area contributed by atoms with Crippen molar-refractivity contribution in [3.05, 3.63) is 69.6 Å². The Morgan fingerprint density at radius 1 is 1.00 bits per heavy atom. The molecule has 45 heavy (non-hydrogen) atoms. The predicted molar refractivity (Wildman–Crippen MR) is 169 cm³/mol. The summed E-state index contributed by atoms with van der Waals surface area (Å²) in [5.74, 6) is 1.21. The van der Waals surface area contributed by atoms with Gasteiger partial charge in [0.1, 0.15) is 18.3 Å². The van der Waals surface area contributed by atoms with E-state index in [1.54, 1.807) is 12.3 Å². The standard InChI is InChI=1S/C35H42N4O6/c1-20-25-9-4-3-8-22(25)18-26(20)33(42)36-28(10-5-6-12-31(41)45-2)34(43)37-29-11-7-13-39(35(29)44)19-30(40)38-32-24-15-21-14-23(17-24)27(32)16-21/h3-4,7-9,11,13,21,23-24,27-28,32H,5-6,10,12,14-19H2,1-2H3,(H,36,42)(H,37,43)(H,38,40)/t21?,23?,24?,27?,28-,32?/m0/s1. The first-order valence-corrected chi connectivity index (χ1v) is 16.2. The van der Waals surface area contributed by atoms with Gasteiger partial charge in [0.25, 0.3) is 5.56 Å². The first kappa shape index (κ1) is 30.8. The van der Waals surface area contributed by atoms with Gasteiger partial charge in [-0.15, -0.1) is 0 Å². The number of carbonyl (C=O) groups is 4. The van der Waals surface area contributed by atoms with Gasteiger partial charge in [-0.3, -0.25) is 24.0 Å². The molecule has 3 amide bonds. The average molecular weight is 615 g/mol. The van der Waals surface area contributed by atoms with Crippen LogP contribution in [0, 0.1) is 23.7 Å². The lowest BCUT2D eigenvalue weighted by molar-refractivity contribution is -0.140. The molecule has 1 aromatic heterocycles. The molecule has 4 saturated carbocycles. The van der Waals surface area contributed by atoms with Crippen LogP contribution in [0.2, 0.25) is 0 Å². The number of esters is 1. The second-order valence-electron chi connectivity index (χ2n) is 13.2. The van der Waals surface area contributed by atoms with Crippen LogP contribution in [0.5, 0.6) is 0 Å². The fourth-order valence-electron chi connectivity index (χ4n) is 8.33. The molecular formula is C35H42N4O6. The maximum absolute atomic E-state index is 13.5. The number of allylic oxidation sites excluding steroid dienone is 1. The van der Waals surface area contributed by atoms with Crippen LogP contribution in [-0.2, 0) is 36.9 Å². The fraction of sp³-hybridized carbons (Fsp3) is 0.514. The van der Waals surface area contributed by atoms with Gasteiger partial charge in [0, 0.05) is 30.7 Å². The number of ether oxygens (including phenoxy) is 1. The Morgan fingerprint density at radius 2 is 1.80 bits per heavy atom. The monoisotopic (exact) mass is 614 g/mol. The summed E-state index contributed by atoms with van der Waals surface area (Å²) in [4.78, 5) is 65.0. The number of aromatic nitrogens is 1. The third-order valence-electron chi connectivity index (χ3n) is 10.5. The molecule has 0 radical (unpaired) electrons. The van der Waals surface area contributed by atoms with Gasteiger partial charge >= 0.3 is 5.97 Å². The molecule has 4 fully saturated rings. The molecule has 1 heterocycles. The van der Waals surface area contributed by atoms with Crippen LogP contribution in [-0.4, -0.2) is 47.5 Å². The zero-order valence-electron chi connectivity index (χ0n) is 26.0. The molecule has 6 atom stereocenters. The molecule has 10 heteroatoms. The third-order valence-corrected chi connectivity index (χ3v) is 10.5. The fourth-order valence-corrected chi connectivity index (χ4v) is 8.33. The van der Waals surface area contributed by atoms with Gasteiger partial charge in [0.05, 0.1) is 7.11 Å². The van der Waals surface area contributed by atoms with E-state index in [1.165, 1.54) is 43.4 Å².